The summed E-state index contributed by atoms with van der Waals surface area (Å²) >= 11 is 6.60. The molecule has 1 N–H and O–H groups in total. The molecule has 0 spiro atoms. The molecule has 2 aromatic rings. The zero-order valence-electron chi connectivity index (χ0n) is 16.2. The Morgan fingerprint density at radius 3 is 2.71 bits per heavy atom. The first-order valence-corrected chi connectivity index (χ1v) is 10.9. The predicted octanol–water partition coefficient (Wildman–Crippen LogP) is 3.63. The lowest BCUT2D eigenvalue weighted by Gasteiger charge is -2.32. The Morgan fingerprint density at radius 2 is 2.03 bits per heavy atom. The molecule has 1 saturated carbocycles. The standard InChI is InChI=1S/C20H18N4O5S2/c25-18-17(31-20(30)23(18)16-3-1-2-12(10-16)19(26)27)11-13-8-9-22(21-13)14-4-6-15(7-5-14)24(28)29/h4-9,11-12,16H,1-3,10H2,(H,26,27)/b17-11-. The van der Waals surface area contributed by atoms with E-state index in [0.717, 1.165) is 12.8 Å². The van der Waals surface area contributed by atoms with Crippen LogP contribution in [0.1, 0.15) is 31.4 Å². The van der Waals surface area contributed by atoms with Gasteiger partial charge in [0, 0.05) is 24.4 Å². The quantitative estimate of drug-likeness (QED) is 0.312. The minimum absolute atomic E-state index is 0.00680. The molecular formula is C20H18N4O5S2. The molecule has 1 aliphatic carbocycles. The van der Waals surface area contributed by atoms with Gasteiger partial charge in [-0.25, -0.2) is 4.68 Å². The van der Waals surface area contributed by atoms with Gasteiger partial charge < -0.3 is 5.11 Å². The second-order valence-electron chi connectivity index (χ2n) is 7.37. The molecule has 2 aliphatic rings. The SMILES string of the molecule is O=C(O)C1CCCC(N2C(=O)/C(=C/c3ccn(-c4ccc([N+](=O)[O-])cc4)n3)SC2=S)C1. The van der Waals surface area contributed by atoms with Crippen molar-refractivity contribution in [2.75, 3.05) is 0 Å². The van der Waals surface area contributed by atoms with Crippen molar-refractivity contribution < 1.29 is 19.6 Å². The molecule has 11 heteroatoms. The maximum Gasteiger partial charge on any atom is 0.306 e. The van der Waals surface area contributed by atoms with E-state index in [9.17, 15) is 24.8 Å². The highest BCUT2D eigenvalue weighted by molar-refractivity contribution is 8.26. The lowest BCUT2D eigenvalue weighted by molar-refractivity contribution is -0.384. The number of nitro benzene ring substituents is 1. The molecule has 1 aliphatic heterocycles. The number of nitro groups is 1. The fourth-order valence-corrected chi connectivity index (χ4v) is 5.22. The number of hydrogen-bond donors (Lipinski definition) is 1. The van der Waals surface area contributed by atoms with Crippen LogP contribution in [0.4, 0.5) is 5.69 Å². The number of thioether (sulfide) groups is 1. The molecule has 4 rings (SSSR count). The van der Waals surface area contributed by atoms with Crippen molar-refractivity contribution in [1.29, 1.82) is 0 Å². The molecule has 31 heavy (non-hydrogen) atoms. The average Bonchev–Trinajstić information content (AvgIpc) is 3.32. The normalized spacial score (nSPS) is 22.8. The second-order valence-corrected chi connectivity index (χ2v) is 9.04. The van der Waals surface area contributed by atoms with Crippen molar-refractivity contribution in [3.05, 3.63) is 57.2 Å². The highest BCUT2D eigenvalue weighted by Gasteiger charge is 2.40. The van der Waals surface area contributed by atoms with E-state index in [0.29, 0.717) is 33.4 Å². The van der Waals surface area contributed by atoms with Gasteiger partial charge in [0.2, 0.25) is 0 Å². The summed E-state index contributed by atoms with van der Waals surface area (Å²) in [6, 6.07) is 7.51. The van der Waals surface area contributed by atoms with Gasteiger partial charge in [-0.05, 0) is 43.5 Å². The van der Waals surface area contributed by atoms with Gasteiger partial charge in [0.05, 0.1) is 27.1 Å². The number of rotatable bonds is 5. The molecule has 2 fully saturated rings. The average molecular weight is 459 g/mol. The lowest BCUT2D eigenvalue weighted by atomic mass is 9.85. The number of carboxylic acids is 1. The zero-order valence-corrected chi connectivity index (χ0v) is 17.8. The van der Waals surface area contributed by atoms with Gasteiger partial charge in [-0.1, -0.05) is 30.4 Å². The Balaban J connectivity index is 1.51. The molecule has 2 heterocycles. The molecule has 2 atom stereocenters. The van der Waals surface area contributed by atoms with Crippen molar-refractivity contribution in [2.45, 2.75) is 31.7 Å². The maximum atomic E-state index is 13.0. The minimum atomic E-state index is -0.831. The smallest absolute Gasteiger partial charge is 0.306 e. The van der Waals surface area contributed by atoms with Crippen LogP contribution in [0.3, 0.4) is 0 Å². The van der Waals surface area contributed by atoms with Gasteiger partial charge in [-0.15, -0.1) is 0 Å². The Labute approximate surface area is 186 Å². The maximum absolute atomic E-state index is 13.0. The number of non-ortho nitro benzene ring substituents is 1. The van der Waals surface area contributed by atoms with Crippen LogP contribution in [0.25, 0.3) is 11.8 Å². The van der Waals surface area contributed by atoms with Gasteiger partial charge in [0.1, 0.15) is 4.32 Å². The summed E-state index contributed by atoms with van der Waals surface area (Å²) in [7, 11) is 0. The van der Waals surface area contributed by atoms with Crippen LogP contribution in [0.5, 0.6) is 0 Å². The van der Waals surface area contributed by atoms with E-state index in [-0.39, 0.29) is 17.6 Å². The van der Waals surface area contributed by atoms with Crippen LogP contribution in [0.15, 0.2) is 41.4 Å². The van der Waals surface area contributed by atoms with Gasteiger partial charge in [0.15, 0.2) is 0 Å². The highest BCUT2D eigenvalue weighted by atomic mass is 32.2. The zero-order chi connectivity index (χ0) is 22.1. The minimum Gasteiger partial charge on any atom is -0.481 e. The number of thiocarbonyl (C=S) groups is 1. The van der Waals surface area contributed by atoms with E-state index in [4.69, 9.17) is 12.2 Å². The van der Waals surface area contributed by atoms with E-state index in [1.54, 1.807) is 40.1 Å². The summed E-state index contributed by atoms with van der Waals surface area (Å²) in [4.78, 5) is 36.7. The highest BCUT2D eigenvalue weighted by Crippen LogP contribution is 2.38. The fourth-order valence-electron chi connectivity index (χ4n) is 3.84. The Bertz CT molecular complexity index is 1100. The van der Waals surface area contributed by atoms with Crippen LogP contribution in [0, 0.1) is 16.0 Å². The molecule has 160 valence electrons. The first-order valence-electron chi connectivity index (χ1n) is 9.64. The molecule has 1 saturated heterocycles. The third-order valence-electron chi connectivity index (χ3n) is 5.40. The summed E-state index contributed by atoms with van der Waals surface area (Å²) in [5.41, 5.74) is 1.19. The molecule has 1 aromatic heterocycles. The van der Waals surface area contributed by atoms with Gasteiger partial charge >= 0.3 is 5.97 Å². The molecule has 1 aromatic carbocycles. The van der Waals surface area contributed by atoms with Crippen molar-refractivity contribution in [3.8, 4) is 5.69 Å². The Hall–Kier alpha value is -3.05. The molecule has 1 amide bonds. The van der Waals surface area contributed by atoms with Crippen LogP contribution < -0.4 is 0 Å². The first kappa shape index (κ1) is 21.2. The van der Waals surface area contributed by atoms with Crippen LogP contribution in [-0.4, -0.2) is 46.9 Å². The summed E-state index contributed by atoms with van der Waals surface area (Å²) < 4.78 is 2.00. The van der Waals surface area contributed by atoms with E-state index in [1.165, 1.54) is 23.9 Å². The number of carbonyl (C=O) groups excluding carboxylic acids is 1. The van der Waals surface area contributed by atoms with Crippen LogP contribution in [0.2, 0.25) is 0 Å². The van der Waals surface area contributed by atoms with Gasteiger partial charge in [-0.3, -0.25) is 24.6 Å². The summed E-state index contributed by atoms with van der Waals surface area (Å²) in [5.74, 6) is -1.51. The number of carboxylic acid groups (broad SMARTS) is 1. The third kappa shape index (κ3) is 4.37. The number of aromatic nitrogens is 2. The van der Waals surface area contributed by atoms with E-state index in [1.807, 2.05) is 0 Å². The molecule has 0 radical (unpaired) electrons. The first-order chi connectivity index (χ1) is 14.8. The van der Waals surface area contributed by atoms with Crippen molar-refractivity contribution in [3.63, 3.8) is 0 Å². The van der Waals surface area contributed by atoms with E-state index < -0.39 is 16.8 Å². The van der Waals surface area contributed by atoms with E-state index >= 15 is 0 Å². The third-order valence-corrected chi connectivity index (χ3v) is 6.73. The van der Waals surface area contributed by atoms with Crippen molar-refractivity contribution in [1.82, 2.24) is 14.7 Å². The van der Waals surface area contributed by atoms with Gasteiger partial charge in [-0.2, -0.15) is 5.10 Å². The number of aliphatic carboxylic acids is 1. The predicted molar refractivity (Wildman–Crippen MR) is 119 cm³/mol. The molecule has 9 nitrogen and oxygen atoms in total. The number of benzene rings is 1. The Kier molecular flexibility index (Phi) is 5.88. The lowest BCUT2D eigenvalue weighted by Crippen LogP contribution is -2.42. The summed E-state index contributed by atoms with van der Waals surface area (Å²) in [6.07, 6.45) is 5.86. The van der Waals surface area contributed by atoms with Gasteiger partial charge in [0.25, 0.3) is 11.6 Å². The number of carbonyl (C=O) groups is 2. The summed E-state index contributed by atoms with van der Waals surface area (Å²) in [5, 5.41) is 24.5. The molecule has 0 bridgehead atoms. The monoisotopic (exact) mass is 458 g/mol. The topological polar surface area (TPSA) is 119 Å². The molecule has 2 unspecified atom stereocenters. The van der Waals surface area contributed by atoms with E-state index in [2.05, 4.69) is 5.10 Å². The number of hydrogen-bond acceptors (Lipinski definition) is 7. The molecular weight excluding hydrogens is 440 g/mol. The summed E-state index contributed by atoms with van der Waals surface area (Å²) in [6.45, 7) is 0. The Morgan fingerprint density at radius 1 is 1.29 bits per heavy atom. The van der Waals surface area contributed by atoms with Crippen molar-refractivity contribution in [2.24, 2.45) is 5.92 Å². The van der Waals surface area contributed by atoms with Crippen LogP contribution in [-0.2, 0) is 9.59 Å². The number of nitrogens with zero attached hydrogens (tertiary/aromatic N) is 4. The second kappa shape index (κ2) is 8.60. The largest absolute Gasteiger partial charge is 0.481 e. The fraction of sp³-hybridized carbons (Fsp3) is 0.300. The number of amides is 1. The van der Waals surface area contributed by atoms with Crippen LogP contribution >= 0.6 is 24.0 Å². The van der Waals surface area contributed by atoms with Crippen molar-refractivity contribution >= 4 is 51.9 Å².